The van der Waals surface area contributed by atoms with Gasteiger partial charge < -0.3 is 10.6 Å². The van der Waals surface area contributed by atoms with Gasteiger partial charge >= 0.3 is 0 Å². The van der Waals surface area contributed by atoms with Crippen molar-refractivity contribution in [3.8, 4) is 0 Å². The summed E-state index contributed by atoms with van der Waals surface area (Å²) in [5.41, 5.74) is 1.21. The van der Waals surface area contributed by atoms with Gasteiger partial charge in [0, 0.05) is 24.4 Å². The second-order valence-corrected chi connectivity index (χ2v) is 8.20. The van der Waals surface area contributed by atoms with Crippen molar-refractivity contribution in [2.24, 2.45) is 17.8 Å². The fourth-order valence-corrected chi connectivity index (χ4v) is 4.18. The van der Waals surface area contributed by atoms with Gasteiger partial charge in [0.15, 0.2) is 0 Å². The van der Waals surface area contributed by atoms with E-state index in [1.807, 2.05) is 0 Å². The van der Waals surface area contributed by atoms with Crippen molar-refractivity contribution in [2.45, 2.75) is 39.7 Å². The lowest BCUT2D eigenvalue weighted by Crippen LogP contribution is -2.50. The Hall–Kier alpha value is -0.400. The smallest absolute Gasteiger partial charge is 0.223 e. The first-order chi connectivity index (χ1) is 11.7. The number of hydrogen-bond acceptors (Lipinski definition) is 5. The van der Waals surface area contributed by atoms with Crippen LogP contribution in [-0.2, 0) is 17.8 Å². The Balaban J connectivity index is 0.00000169. The van der Waals surface area contributed by atoms with Gasteiger partial charge in [-0.25, -0.2) is 4.98 Å². The molecule has 150 valence electrons. The highest BCUT2D eigenvalue weighted by molar-refractivity contribution is 7.09. The van der Waals surface area contributed by atoms with E-state index in [1.165, 1.54) is 23.5 Å². The molecule has 8 heteroatoms. The number of rotatable bonds is 7. The standard InChI is InChI=1S/C18H30N4OS.2ClH/c1-3-17-21-16(12-24-17)11-22-6-4-14(5-7-22)8-20-18(23)13(2)15-9-19-10-15;;/h12-15,19H,3-11H2,1-2H3,(H,20,23);2*1H. The molecule has 26 heavy (non-hydrogen) atoms. The number of hydrogen-bond donors (Lipinski definition) is 2. The number of likely N-dealkylation sites (tertiary alicyclic amines) is 1. The average molecular weight is 423 g/mol. The van der Waals surface area contributed by atoms with Gasteiger partial charge in [-0.2, -0.15) is 0 Å². The zero-order chi connectivity index (χ0) is 16.9. The number of nitrogens with zero attached hydrogens (tertiary/aromatic N) is 2. The Bertz CT molecular complexity index is 545. The molecular weight excluding hydrogens is 391 g/mol. The molecule has 0 radical (unpaired) electrons. The number of carbonyl (C=O) groups excluding carboxylic acids is 1. The summed E-state index contributed by atoms with van der Waals surface area (Å²) in [6.45, 7) is 10.2. The number of nitrogens with one attached hydrogen (secondary N) is 2. The van der Waals surface area contributed by atoms with Crippen LogP contribution >= 0.6 is 36.2 Å². The molecule has 2 aliphatic rings. The normalized spacial score (nSPS) is 19.8. The molecule has 2 aliphatic heterocycles. The molecule has 3 heterocycles. The molecule has 1 atom stereocenters. The molecule has 2 saturated heterocycles. The maximum atomic E-state index is 12.2. The van der Waals surface area contributed by atoms with Crippen molar-refractivity contribution in [2.75, 3.05) is 32.7 Å². The molecule has 3 rings (SSSR count). The number of aryl methyl sites for hydroxylation is 1. The van der Waals surface area contributed by atoms with Gasteiger partial charge in [0.05, 0.1) is 10.7 Å². The summed E-state index contributed by atoms with van der Waals surface area (Å²) < 4.78 is 0. The van der Waals surface area contributed by atoms with Crippen LogP contribution in [0.2, 0.25) is 0 Å². The average Bonchev–Trinajstić information content (AvgIpc) is 3.00. The van der Waals surface area contributed by atoms with Gasteiger partial charge in [-0.15, -0.1) is 36.2 Å². The third-order valence-corrected chi connectivity index (χ3v) is 6.54. The first-order valence-corrected chi connectivity index (χ1v) is 10.2. The molecule has 0 saturated carbocycles. The van der Waals surface area contributed by atoms with Crippen molar-refractivity contribution in [1.29, 1.82) is 0 Å². The molecular formula is C18H32Cl2N4OS. The van der Waals surface area contributed by atoms with E-state index in [0.29, 0.717) is 11.8 Å². The van der Waals surface area contributed by atoms with E-state index in [0.717, 1.165) is 45.7 Å². The lowest BCUT2D eigenvalue weighted by Gasteiger charge is -2.33. The second-order valence-electron chi connectivity index (χ2n) is 7.26. The van der Waals surface area contributed by atoms with Crippen molar-refractivity contribution >= 4 is 42.1 Å². The maximum absolute atomic E-state index is 12.2. The molecule has 5 nitrogen and oxygen atoms in total. The fourth-order valence-electron chi connectivity index (χ4n) is 3.45. The molecule has 0 aliphatic carbocycles. The molecule has 0 aromatic carbocycles. The third kappa shape index (κ3) is 6.34. The van der Waals surface area contributed by atoms with E-state index in [2.05, 4.69) is 39.7 Å². The highest BCUT2D eigenvalue weighted by Crippen LogP contribution is 2.20. The van der Waals surface area contributed by atoms with Crippen molar-refractivity contribution in [3.63, 3.8) is 0 Å². The second kappa shape index (κ2) is 11.4. The lowest BCUT2D eigenvalue weighted by molar-refractivity contribution is -0.126. The molecule has 1 amide bonds. The number of aromatic nitrogens is 1. The predicted octanol–water partition coefficient (Wildman–Crippen LogP) is 2.73. The van der Waals surface area contributed by atoms with Crippen LogP contribution in [0.4, 0.5) is 0 Å². The number of thiazole rings is 1. The van der Waals surface area contributed by atoms with E-state index in [9.17, 15) is 4.79 Å². The van der Waals surface area contributed by atoms with Crippen LogP contribution in [0, 0.1) is 17.8 Å². The van der Waals surface area contributed by atoms with Crippen LogP contribution in [0.1, 0.15) is 37.4 Å². The zero-order valence-electron chi connectivity index (χ0n) is 15.7. The summed E-state index contributed by atoms with van der Waals surface area (Å²) in [5.74, 6) is 1.53. The lowest BCUT2D eigenvalue weighted by atomic mass is 9.88. The highest BCUT2D eigenvalue weighted by atomic mass is 35.5. The molecule has 1 aromatic heterocycles. The Morgan fingerprint density at radius 2 is 2.08 bits per heavy atom. The molecule has 0 spiro atoms. The SMILES string of the molecule is CCc1nc(CN2CCC(CNC(=O)C(C)C3CNC3)CC2)cs1.Cl.Cl. The van der Waals surface area contributed by atoms with E-state index >= 15 is 0 Å². The molecule has 2 N–H and O–H groups in total. The van der Waals surface area contributed by atoms with Crippen LogP contribution in [-0.4, -0.2) is 48.5 Å². The zero-order valence-corrected chi connectivity index (χ0v) is 18.2. The van der Waals surface area contributed by atoms with Crippen molar-refractivity contribution in [3.05, 3.63) is 16.1 Å². The Morgan fingerprint density at radius 3 is 2.62 bits per heavy atom. The summed E-state index contributed by atoms with van der Waals surface area (Å²) in [4.78, 5) is 19.4. The van der Waals surface area contributed by atoms with Gasteiger partial charge in [0.2, 0.25) is 5.91 Å². The molecule has 2 fully saturated rings. The van der Waals surface area contributed by atoms with E-state index < -0.39 is 0 Å². The van der Waals surface area contributed by atoms with Crippen LogP contribution in [0.15, 0.2) is 5.38 Å². The maximum Gasteiger partial charge on any atom is 0.223 e. The Morgan fingerprint density at radius 1 is 1.38 bits per heavy atom. The fraction of sp³-hybridized carbons (Fsp3) is 0.778. The van der Waals surface area contributed by atoms with E-state index in [1.54, 1.807) is 11.3 Å². The van der Waals surface area contributed by atoms with Crippen LogP contribution in [0.25, 0.3) is 0 Å². The van der Waals surface area contributed by atoms with Crippen molar-refractivity contribution in [1.82, 2.24) is 20.5 Å². The molecule has 0 bridgehead atoms. The first-order valence-electron chi connectivity index (χ1n) is 9.29. The minimum absolute atomic E-state index is 0. The van der Waals surface area contributed by atoms with Gasteiger partial charge in [-0.3, -0.25) is 9.69 Å². The summed E-state index contributed by atoms with van der Waals surface area (Å²) in [5, 5.41) is 9.85. The quantitative estimate of drug-likeness (QED) is 0.708. The number of halogens is 2. The number of amides is 1. The summed E-state index contributed by atoms with van der Waals surface area (Å²) in [6.07, 6.45) is 3.37. The predicted molar refractivity (Wildman–Crippen MR) is 113 cm³/mol. The van der Waals surface area contributed by atoms with Gasteiger partial charge in [-0.05, 0) is 57.3 Å². The van der Waals surface area contributed by atoms with Crippen LogP contribution in [0.5, 0.6) is 0 Å². The highest BCUT2D eigenvalue weighted by Gasteiger charge is 2.29. The summed E-state index contributed by atoms with van der Waals surface area (Å²) in [7, 11) is 0. The van der Waals surface area contributed by atoms with E-state index in [-0.39, 0.29) is 36.6 Å². The summed E-state index contributed by atoms with van der Waals surface area (Å²) in [6, 6.07) is 0. The third-order valence-electron chi connectivity index (χ3n) is 5.49. The Kier molecular flexibility index (Phi) is 10.4. The molecule has 1 aromatic rings. The number of piperidine rings is 1. The minimum atomic E-state index is 0. The van der Waals surface area contributed by atoms with Crippen LogP contribution < -0.4 is 10.6 Å². The van der Waals surface area contributed by atoms with Gasteiger partial charge in [0.25, 0.3) is 0 Å². The van der Waals surface area contributed by atoms with Crippen molar-refractivity contribution < 1.29 is 4.79 Å². The number of carbonyl (C=O) groups is 1. The first kappa shape index (κ1) is 23.6. The minimum Gasteiger partial charge on any atom is -0.356 e. The Labute approximate surface area is 173 Å². The largest absolute Gasteiger partial charge is 0.356 e. The van der Waals surface area contributed by atoms with Crippen LogP contribution in [0.3, 0.4) is 0 Å². The topological polar surface area (TPSA) is 57.3 Å². The monoisotopic (exact) mass is 422 g/mol. The summed E-state index contributed by atoms with van der Waals surface area (Å²) >= 11 is 1.77. The van der Waals surface area contributed by atoms with Gasteiger partial charge in [-0.1, -0.05) is 13.8 Å². The van der Waals surface area contributed by atoms with E-state index in [4.69, 9.17) is 0 Å². The van der Waals surface area contributed by atoms with Gasteiger partial charge in [0.1, 0.15) is 0 Å². The molecule has 1 unspecified atom stereocenters.